The van der Waals surface area contributed by atoms with Crippen molar-refractivity contribution in [3.05, 3.63) is 23.3 Å². The normalized spacial score (nSPS) is 21.7. The molecule has 7 heteroatoms. The lowest BCUT2D eigenvalue weighted by Crippen LogP contribution is -2.45. The number of nitrogens with one attached hydrogen (secondary N) is 1. The van der Waals surface area contributed by atoms with E-state index in [1.807, 2.05) is 7.05 Å². The van der Waals surface area contributed by atoms with Gasteiger partial charge in [0.15, 0.2) is 5.96 Å². The first-order valence-electron chi connectivity index (χ1n) is 10.1. The van der Waals surface area contributed by atoms with Crippen molar-refractivity contribution >= 4 is 29.9 Å². The van der Waals surface area contributed by atoms with Gasteiger partial charge >= 0.3 is 0 Å². The molecular formula is C21H35IN4O2. The van der Waals surface area contributed by atoms with Gasteiger partial charge in [0, 0.05) is 50.8 Å². The van der Waals surface area contributed by atoms with Crippen LogP contribution in [0.4, 0.5) is 0 Å². The van der Waals surface area contributed by atoms with Crippen molar-refractivity contribution in [3.63, 3.8) is 0 Å². The minimum Gasteiger partial charge on any atom is -0.496 e. The monoisotopic (exact) mass is 502 g/mol. The van der Waals surface area contributed by atoms with E-state index in [2.05, 4.69) is 53.1 Å². The molecule has 0 radical (unpaired) electrons. The molecule has 6 nitrogen and oxygen atoms in total. The van der Waals surface area contributed by atoms with Crippen LogP contribution in [0, 0.1) is 0 Å². The van der Waals surface area contributed by atoms with Gasteiger partial charge in [-0.15, -0.1) is 24.0 Å². The Hall–Kier alpha value is -1.22. The van der Waals surface area contributed by atoms with Crippen molar-refractivity contribution in [2.45, 2.75) is 51.8 Å². The Bertz CT molecular complexity index is 683. The van der Waals surface area contributed by atoms with Crippen LogP contribution in [-0.2, 0) is 13.0 Å². The topological polar surface area (TPSA) is 49.3 Å². The Morgan fingerprint density at radius 1 is 1.43 bits per heavy atom. The molecule has 2 unspecified atom stereocenters. The molecule has 158 valence electrons. The molecule has 1 N–H and O–H groups in total. The van der Waals surface area contributed by atoms with Crippen LogP contribution in [0.25, 0.3) is 0 Å². The highest BCUT2D eigenvalue weighted by Gasteiger charge is 2.25. The number of rotatable bonds is 6. The third-order valence-corrected chi connectivity index (χ3v) is 5.70. The second-order valence-electron chi connectivity index (χ2n) is 7.61. The van der Waals surface area contributed by atoms with Crippen molar-refractivity contribution < 1.29 is 9.47 Å². The highest BCUT2D eigenvalue weighted by molar-refractivity contribution is 14.0. The number of nitrogens with zero attached hydrogens (tertiary/aromatic N) is 3. The van der Waals surface area contributed by atoms with Gasteiger partial charge in [0.05, 0.1) is 7.11 Å². The molecule has 1 aromatic carbocycles. The van der Waals surface area contributed by atoms with Gasteiger partial charge in [-0.3, -0.25) is 9.89 Å². The summed E-state index contributed by atoms with van der Waals surface area (Å²) in [6.07, 6.45) is 3.74. The standard InChI is InChI=1S/C21H34N4O2.HI/c1-6-25-9-7-8-18(25)14-24(4)21(22-3)23-13-17-12-20-16(10-15(2)27-20)11-19(17)26-5;/h11-12,15,18H,6-10,13-14H2,1-5H3,(H,22,23);1H. The number of hydrogen-bond donors (Lipinski definition) is 1. The molecule has 0 aromatic heterocycles. The lowest BCUT2D eigenvalue weighted by atomic mass is 10.1. The summed E-state index contributed by atoms with van der Waals surface area (Å²) in [5.41, 5.74) is 2.32. The molecule has 0 amide bonds. The van der Waals surface area contributed by atoms with Crippen LogP contribution >= 0.6 is 24.0 Å². The summed E-state index contributed by atoms with van der Waals surface area (Å²) >= 11 is 0. The van der Waals surface area contributed by atoms with Gasteiger partial charge in [0.2, 0.25) is 0 Å². The first-order chi connectivity index (χ1) is 13.0. The number of guanidine groups is 1. The molecule has 0 bridgehead atoms. The summed E-state index contributed by atoms with van der Waals surface area (Å²) in [5.74, 6) is 2.80. The van der Waals surface area contributed by atoms with Gasteiger partial charge in [0.25, 0.3) is 0 Å². The number of halogens is 1. The van der Waals surface area contributed by atoms with Gasteiger partial charge in [-0.25, -0.2) is 0 Å². The van der Waals surface area contributed by atoms with E-state index in [0.29, 0.717) is 12.6 Å². The molecule has 2 aliphatic heterocycles. The second kappa shape index (κ2) is 10.5. The summed E-state index contributed by atoms with van der Waals surface area (Å²) in [4.78, 5) is 9.27. The fraction of sp³-hybridized carbons (Fsp3) is 0.667. The van der Waals surface area contributed by atoms with Crippen molar-refractivity contribution in [3.8, 4) is 11.5 Å². The van der Waals surface area contributed by atoms with Gasteiger partial charge in [0.1, 0.15) is 17.6 Å². The Morgan fingerprint density at radius 2 is 2.21 bits per heavy atom. The number of likely N-dealkylation sites (N-methyl/N-ethyl adjacent to an activating group) is 2. The molecule has 2 atom stereocenters. The average Bonchev–Trinajstić information content (AvgIpc) is 3.25. The second-order valence-corrected chi connectivity index (χ2v) is 7.61. The number of methoxy groups -OCH3 is 1. The Balaban J connectivity index is 0.00000280. The SMILES string of the molecule is CCN1CCCC1CN(C)C(=NC)NCc1cc2c(cc1OC)CC(C)O2.I. The highest BCUT2D eigenvalue weighted by Crippen LogP contribution is 2.34. The average molecular weight is 502 g/mol. The van der Waals surface area contributed by atoms with Gasteiger partial charge in [-0.05, 0) is 45.0 Å². The van der Waals surface area contributed by atoms with Crippen LogP contribution in [0.1, 0.15) is 37.8 Å². The minimum absolute atomic E-state index is 0. The smallest absolute Gasteiger partial charge is 0.193 e. The predicted octanol–water partition coefficient (Wildman–Crippen LogP) is 3.13. The molecule has 1 aromatic rings. The van der Waals surface area contributed by atoms with Crippen LogP contribution < -0.4 is 14.8 Å². The zero-order valence-electron chi connectivity index (χ0n) is 17.8. The van der Waals surface area contributed by atoms with Crippen molar-refractivity contribution in [2.75, 3.05) is 40.8 Å². The molecule has 3 rings (SSSR count). The quantitative estimate of drug-likeness (QED) is 0.368. The van der Waals surface area contributed by atoms with Crippen LogP contribution in [0.5, 0.6) is 11.5 Å². The third-order valence-electron chi connectivity index (χ3n) is 5.70. The maximum absolute atomic E-state index is 5.91. The fourth-order valence-electron chi connectivity index (χ4n) is 4.29. The molecular weight excluding hydrogens is 467 g/mol. The number of aliphatic imine (C=N–C) groups is 1. The first-order valence-corrected chi connectivity index (χ1v) is 10.1. The van der Waals surface area contributed by atoms with E-state index in [-0.39, 0.29) is 30.1 Å². The number of benzene rings is 1. The number of fused-ring (bicyclic) bond motifs is 1. The predicted molar refractivity (Wildman–Crippen MR) is 125 cm³/mol. The maximum atomic E-state index is 5.91. The molecule has 28 heavy (non-hydrogen) atoms. The van der Waals surface area contributed by atoms with Gasteiger partial charge in [-0.2, -0.15) is 0 Å². The van der Waals surface area contributed by atoms with E-state index in [1.54, 1.807) is 7.11 Å². The Morgan fingerprint density at radius 3 is 2.89 bits per heavy atom. The lowest BCUT2D eigenvalue weighted by Gasteiger charge is -2.30. The van der Waals surface area contributed by atoms with Crippen LogP contribution in [0.3, 0.4) is 0 Å². The molecule has 1 fully saturated rings. The van der Waals surface area contributed by atoms with Gasteiger partial charge in [-0.1, -0.05) is 6.92 Å². The zero-order valence-corrected chi connectivity index (χ0v) is 20.2. The summed E-state index contributed by atoms with van der Waals surface area (Å²) in [6.45, 7) is 8.34. The van der Waals surface area contributed by atoms with E-state index in [1.165, 1.54) is 24.9 Å². The van der Waals surface area contributed by atoms with Crippen LogP contribution in [-0.4, -0.2) is 68.7 Å². The Kier molecular flexibility index (Phi) is 8.67. The van der Waals surface area contributed by atoms with Crippen molar-refractivity contribution in [1.29, 1.82) is 0 Å². The molecule has 2 aliphatic rings. The van der Waals surface area contributed by atoms with Crippen molar-refractivity contribution in [2.24, 2.45) is 4.99 Å². The van der Waals surface area contributed by atoms with E-state index in [9.17, 15) is 0 Å². The van der Waals surface area contributed by atoms with Crippen molar-refractivity contribution in [1.82, 2.24) is 15.1 Å². The van der Waals surface area contributed by atoms with Crippen LogP contribution in [0.2, 0.25) is 0 Å². The highest BCUT2D eigenvalue weighted by atomic mass is 127. The lowest BCUT2D eigenvalue weighted by molar-refractivity contribution is 0.232. The van der Waals surface area contributed by atoms with Crippen LogP contribution in [0.15, 0.2) is 17.1 Å². The fourth-order valence-corrected chi connectivity index (χ4v) is 4.29. The molecule has 0 spiro atoms. The molecule has 0 aliphatic carbocycles. The third kappa shape index (κ3) is 5.23. The molecule has 2 heterocycles. The molecule has 1 saturated heterocycles. The number of ether oxygens (including phenoxy) is 2. The number of likely N-dealkylation sites (tertiary alicyclic amines) is 1. The summed E-state index contributed by atoms with van der Waals surface area (Å²) in [6, 6.07) is 4.83. The summed E-state index contributed by atoms with van der Waals surface area (Å²) < 4.78 is 11.5. The Labute approximate surface area is 186 Å². The summed E-state index contributed by atoms with van der Waals surface area (Å²) in [7, 11) is 5.69. The van der Waals surface area contributed by atoms with E-state index < -0.39 is 0 Å². The van der Waals surface area contributed by atoms with E-state index in [0.717, 1.165) is 42.5 Å². The maximum Gasteiger partial charge on any atom is 0.193 e. The van der Waals surface area contributed by atoms with Gasteiger partial charge < -0.3 is 19.7 Å². The first kappa shape index (κ1) is 23.1. The summed E-state index contributed by atoms with van der Waals surface area (Å²) in [5, 5.41) is 3.49. The van der Waals surface area contributed by atoms with E-state index in [4.69, 9.17) is 9.47 Å². The van der Waals surface area contributed by atoms with E-state index >= 15 is 0 Å². The zero-order chi connectivity index (χ0) is 19.4. The minimum atomic E-state index is 0. The largest absolute Gasteiger partial charge is 0.496 e. The number of hydrogen-bond acceptors (Lipinski definition) is 4. The molecule has 0 saturated carbocycles.